The van der Waals surface area contributed by atoms with Gasteiger partial charge in [-0.1, -0.05) is 194 Å². The number of rotatable bonds is 5. The predicted molar refractivity (Wildman–Crippen MR) is 281 cm³/mol. The molecule has 2 aromatic heterocycles. The molecule has 0 N–H and O–H groups in total. The highest BCUT2D eigenvalue weighted by Crippen LogP contribution is 2.44. The molecule has 310 valence electrons. The largest absolute Gasteiger partial charge is 0.309 e. The van der Waals surface area contributed by atoms with Crippen LogP contribution in [-0.2, 0) is 0 Å². The second-order valence-electron chi connectivity index (χ2n) is 17.5. The summed E-state index contributed by atoms with van der Waals surface area (Å²) >= 11 is 0. The summed E-state index contributed by atoms with van der Waals surface area (Å²) in [6, 6.07) is 83.1. The van der Waals surface area contributed by atoms with Crippen molar-refractivity contribution in [2.45, 2.75) is 0 Å². The molecular weight excluding hydrogens is 813 g/mol. The summed E-state index contributed by atoms with van der Waals surface area (Å²) in [5, 5.41) is 17.3. The molecule has 0 saturated carbocycles. The van der Waals surface area contributed by atoms with Crippen LogP contribution in [0.3, 0.4) is 0 Å². The molecule has 0 amide bonds. The molecule has 67 heavy (non-hydrogen) atoms. The van der Waals surface area contributed by atoms with Gasteiger partial charge in [0, 0.05) is 32.8 Å². The third-order valence-corrected chi connectivity index (χ3v) is 13.8. The predicted octanol–water partition coefficient (Wildman–Crippen LogP) is 16.6. The first-order chi connectivity index (χ1) is 33.2. The van der Waals surface area contributed by atoms with E-state index in [0.29, 0.717) is 17.5 Å². The first kappa shape index (κ1) is 37.4. The monoisotopic (exact) mass is 850 g/mol. The Labute approximate surface area is 385 Å². The van der Waals surface area contributed by atoms with Crippen LogP contribution in [0.4, 0.5) is 0 Å². The zero-order valence-electron chi connectivity index (χ0n) is 36.2. The van der Waals surface area contributed by atoms with E-state index < -0.39 is 0 Å². The highest BCUT2D eigenvalue weighted by molar-refractivity contribution is 6.29. The molecule has 0 saturated heterocycles. The minimum atomic E-state index is 0.641. The summed E-state index contributed by atoms with van der Waals surface area (Å²) in [5.41, 5.74) is 8.75. The van der Waals surface area contributed by atoms with Gasteiger partial charge in [0.1, 0.15) is 0 Å². The molecule has 14 rings (SSSR count). The van der Waals surface area contributed by atoms with Gasteiger partial charge in [0.15, 0.2) is 17.5 Å². The fourth-order valence-electron chi connectivity index (χ4n) is 10.7. The van der Waals surface area contributed by atoms with E-state index in [0.717, 1.165) is 27.8 Å². The van der Waals surface area contributed by atoms with Gasteiger partial charge in [-0.3, -0.25) is 0 Å². The van der Waals surface area contributed by atoms with E-state index in [1.54, 1.807) is 0 Å². The van der Waals surface area contributed by atoms with Crippen molar-refractivity contribution in [2.75, 3.05) is 0 Å². The van der Waals surface area contributed by atoms with Gasteiger partial charge in [-0.25, -0.2) is 15.0 Å². The second kappa shape index (κ2) is 14.8. The molecule has 0 aliphatic rings. The number of aromatic nitrogens is 4. The summed E-state index contributed by atoms with van der Waals surface area (Å²) in [6.07, 6.45) is 0. The number of benzene rings is 12. The maximum atomic E-state index is 5.09. The summed E-state index contributed by atoms with van der Waals surface area (Å²) < 4.78 is 2.48. The summed E-state index contributed by atoms with van der Waals surface area (Å²) in [4.78, 5) is 15.1. The molecule has 0 radical (unpaired) electrons. The van der Waals surface area contributed by atoms with Crippen molar-refractivity contribution in [1.29, 1.82) is 0 Å². The lowest BCUT2D eigenvalue weighted by Gasteiger charge is -2.17. The quantitative estimate of drug-likeness (QED) is 0.162. The van der Waals surface area contributed by atoms with Crippen LogP contribution in [0.1, 0.15) is 0 Å². The van der Waals surface area contributed by atoms with Crippen LogP contribution in [0.15, 0.2) is 231 Å². The standard InChI is InChI=1S/C63H38N4/c1-3-16-39(17-4-1)61-64-62(40-18-5-2-6-19-40)66-63(65-61)43-31-34-50-53-27-15-29-59(60(53)52-26-12-11-24-48(52)55(50)38-43)67-57-28-14-13-25-51(57)56-37-42(32-35-58(56)67)41-30-33-49-46-22-8-7-20-44(46)45-21-9-10-23-47(45)54(49)36-41/h1-38H. The van der Waals surface area contributed by atoms with Gasteiger partial charge < -0.3 is 4.57 Å². The van der Waals surface area contributed by atoms with Crippen LogP contribution in [0, 0.1) is 0 Å². The van der Waals surface area contributed by atoms with E-state index in [1.165, 1.54) is 92.2 Å². The van der Waals surface area contributed by atoms with Crippen LogP contribution in [0.5, 0.6) is 0 Å². The van der Waals surface area contributed by atoms with Crippen molar-refractivity contribution in [3.05, 3.63) is 231 Å². The summed E-state index contributed by atoms with van der Waals surface area (Å²) in [6.45, 7) is 0. The lowest BCUT2D eigenvalue weighted by molar-refractivity contribution is 1.07. The van der Waals surface area contributed by atoms with Gasteiger partial charge in [0.05, 0.1) is 16.7 Å². The second-order valence-corrected chi connectivity index (χ2v) is 17.5. The Morgan fingerprint density at radius 1 is 0.224 bits per heavy atom. The number of hydrogen-bond acceptors (Lipinski definition) is 3. The van der Waals surface area contributed by atoms with Gasteiger partial charge in [-0.2, -0.15) is 0 Å². The Balaban J connectivity index is 0.957. The van der Waals surface area contributed by atoms with Gasteiger partial charge in [-0.05, 0) is 107 Å². The van der Waals surface area contributed by atoms with E-state index in [9.17, 15) is 0 Å². The van der Waals surface area contributed by atoms with Crippen molar-refractivity contribution in [3.8, 4) is 51.0 Å². The van der Waals surface area contributed by atoms with E-state index >= 15 is 0 Å². The number of para-hydroxylation sites is 1. The van der Waals surface area contributed by atoms with Crippen molar-refractivity contribution >= 4 is 86.4 Å². The first-order valence-corrected chi connectivity index (χ1v) is 22.9. The van der Waals surface area contributed by atoms with E-state index in [4.69, 9.17) is 15.0 Å². The van der Waals surface area contributed by atoms with Crippen molar-refractivity contribution in [2.24, 2.45) is 0 Å². The zero-order chi connectivity index (χ0) is 44.0. The van der Waals surface area contributed by atoms with Crippen LogP contribution in [0.25, 0.3) is 137 Å². The molecule has 4 heteroatoms. The average molecular weight is 851 g/mol. The Kier molecular flexibility index (Phi) is 8.25. The van der Waals surface area contributed by atoms with E-state index in [1.807, 2.05) is 36.4 Å². The van der Waals surface area contributed by atoms with Crippen molar-refractivity contribution in [1.82, 2.24) is 19.5 Å². The molecule has 0 bridgehead atoms. The van der Waals surface area contributed by atoms with Crippen LogP contribution >= 0.6 is 0 Å². The smallest absolute Gasteiger partial charge is 0.164 e. The highest BCUT2D eigenvalue weighted by atomic mass is 15.0. The lowest BCUT2D eigenvalue weighted by Crippen LogP contribution is -2.00. The SMILES string of the molecule is c1ccc(-c2nc(-c3ccccc3)nc(-c3ccc4c(c3)c3ccccc3c3c(-n5c6ccccc6c6cc(-c7ccc8c9ccccc9c9ccccc9c8c7)ccc65)cccc43)n2)cc1. The molecule has 4 nitrogen and oxygen atoms in total. The highest BCUT2D eigenvalue weighted by Gasteiger charge is 2.20. The van der Waals surface area contributed by atoms with E-state index in [2.05, 4.69) is 199 Å². The number of nitrogens with zero attached hydrogens (tertiary/aromatic N) is 4. The molecule has 0 fully saturated rings. The minimum Gasteiger partial charge on any atom is -0.309 e. The summed E-state index contributed by atoms with van der Waals surface area (Å²) in [7, 11) is 0. The molecule has 0 spiro atoms. The van der Waals surface area contributed by atoms with Crippen LogP contribution in [0.2, 0.25) is 0 Å². The Bertz CT molecular complexity index is 4200. The lowest BCUT2D eigenvalue weighted by atomic mass is 9.92. The molecular formula is C63H38N4. The number of fused-ring (bicyclic) bond motifs is 15. The Morgan fingerprint density at radius 3 is 1.19 bits per heavy atom. The van der Waals surface area contributed by atoms with Gasteiger partial charge in [0.25, 0.3) is 0 Å². The molecule has 0 unspecified atom stereocenters. The van der Waals surface area contributed by atoms with Crippen molar-refractivity contribution in [3.63, 3.8) is 0 Å². The maximum absolute atomic E-state index is 5.09. The zero-order valence-corrected chi connectivity index (χ0v) is 36.2. The molecule has 12 aromatic carbocycles. The maximum Gasteiger partial charge on any atom is 0.164 e. The fraction of sp³-hybridized carbons (Fsp3) is 0. The normalized spacial score (nSPS) is 11.9. The Hall–Kier alpha value is -8.99. The first-order valence-electron chi connectivity index (χ1n) is 22.9. The molecule has 0 aliphatic carbocycles. The van der Waals surface area contributed by atoms with Gasteiger partial charge in [-0.15, -0.1) is 0 Å². The third kappa shape index (κ3) is 5.83. The molecule has 14 aromatic rings. The molecule has 2 heterocycles. The molecule has 0 atom stereocenters. The summed E-state index contributed by atoms with van der Waals surface area (Å²) in [5.74, 6) is 1.94. The van der Waals surface area contributed by atoms with Gasteiger partial charge in [0.2, 0.25) is 0 Å². The number of hydrogen-bond donors (Lipinski definition) is 0. The topological polar surface area (TPSA) is 43.6 Å². The van der Waals surface area contributed by atoms with Crippen LogP contribution in [-0.4, -0.2) is 19.5 Å². The third-order valence-electron chi connectivity index (χ3n) is 13.8. The minimum absolute atomic E-state index is 0.641. The Morgan fingerprint density at radius 2 is 0.597 bits per heavy atom. The molecule has 0 aliphatic heterocycles. The fourth-order valence-corrected chi connectivity index (χ4v) is 10.7. The average Bonchev–Trinajstić information content (AvgIpc) is 3.74. The van der Waals surface area contributed by atoms with Crippen molar-refractivity contribution < 1.29 is 0 Å². The van der Waals surface area contributed by atoms with E-state index in [-0.39, 0.29) is 0 Å². The van der Waals surface area contributed by atoms with Gasteiger partial charge >= 0.3 is 0 Å². The van der Waals surface area contributed by atoms with Crippen LogP contribution < -0.4 is 0 Å².